The second kappa shape index (κ2) is 39.1. The van der Waals surface area contributed by atoms with Gasteiger partial charge in [0.2, 0.25) is 0 Å². The highest BCUT2D eigenvalue weighted by molar-refractivity contribution is 6.31. The first-order chi connectivity index (χ1) is 58.8. The number of nitrogens with zero attached hydrogens (tertiary/aromatic N) is 12. The van der Waals surface area contributed by atoms with Crippen LogP contribution in [0.15, 0.2) is 268 Å². The number of para-hydroxylation sites is 4. The third-order valence-electron chi connectivity index (χ3n) is 19.6. The molecule has 1 fully saturated rings. The van der Waals surface area contributed by atoms with Crippen LogP contribution in [-0.2, 0) is 6.61 Å². The Morgan fingerprint density at radius 3 is 1.31 bits per heavy atom. The predicted molar refractivity (Wildman–Crippen MR) is 471 cm³/mol. The molecule has 9 heterocycles. The number of aliphatic hydroxyl groups excluding tert-OH is 1. The molecule has 0 atom stereocenters. The molecule has 0 aliphatic carbocycles. The quantitative estimate of drug-likeness (QED) is 0.0371. The van der Waals surface area contributed by atoms with Crippen LogP contribution in [0, 0.1) is 34.6 Å². The second-order valence-electron chi connectivity index (χ2n) is 28.2. The molecule has 0 radical (unpaired) electrons. The monoisotopic (exact) mass is 1670 g/mol. The zero-order chi connectivity index (χ0) is 84.5. The normalized spacial score (nSPS) is 12.0. The lowest BCUT2D eigenvalue weighted by molar-refractivity contribution is 0.0915. The number of carbonyl (C=O) groups is 2. The zero-order valence-electron chi connectivity index (χ0n) is 65.2. The van der Waals surface area contributed by atoms with Gasteiger partial charge in [-0.2, -0.15) is 5.26 Å². The topological polar surface area (TPSA) is 273 Å². The summed E-state index contributed by atoms with van der Waals surface area (Å²) in [7, 11) is 5.97. The zero-order valence-corrected chi connectivity index (χ0v) is 67.5. The molecule has 0 bridgehead atoms. The van der Waals surface area contributed by atoms with Gasteiger partial charge < -0.3 is 46.8 Å². The number of nitriles is 1. The SMILES string of the molecule is CN(C)CCNC(=O)c1cnccc1Nc1cc(-c2cc(Cl)ccc2F)nc2ccccc12.CN1CCC(NC(=O)c2cnccc2Nc2cc(-c3cc(Cl)ccc3F)nc3ccccc23)CC1.N#Cc1cncnc1Nc1cc(-c2cc(Cl)ccc2F)nc2ccccc12.OCc1cnccc1Nc1cc(-c2ccccc2F)nc2ccccc12. The molecule has 17 rings (SSSR count). The maximum atomic E-state index is 14.6. The van der Waals surface area contributed by atoms with Crippen LogP contribution in [0.3, 0.4) is 0 Å². The average Bonchev–Trinajstić information content (AvgIpc) is 0.779. The lowest BCUT2D eigenvalue weighted by atomic mass is 10.0. The molecule has 604 valence electrons. The van der Waals surface area contributed by atoms with Crippen molar-refractivity contribution in [2.45, 2.75) is 25.5 Å². The summed E-state index contributed by atoms with van der Waals surface area (Å²) >= 11 is 18.3. The minimum atomic E-state index is -0.423. The Bertz CT molecular complexity index is 6540. The van der Waals surface area contributed by atoms with Crippen LogP contribution in [0.1, 0.15) is 44.7 Å². The molecule has 121 heavy (non-hydrogen) atoms. The average molecular weight is 1680 g/mol. The first-order valence-electron chi connectivity index (χ1n) is 38.1. The van der Waals surface area contributed by atoms with E-state index < -0.39 is 17.5 Å². The second-order valence-corrected chi connectivity index (χ2v) is 29.5. The Morgan fingerprint density at radius 1 is 0.471 bits per heavy atom. The van der Waals surface area contributed by atoms with Crippen molar-refractivity contribution in [3.8, 4) is 51.1 Å². The molecule has 2 amide bonds. The smallest absolute Gasteiger partial charge is 0.255 e. The highest BCUT2D eigenvalue weighted by Crippen LogP contribution is 2.39. The van der Waals surface area contributed by atoms with E-state index in [-0.39, 0.29) is 30.3 Å². The van der Waals surface area contributed by atoms with E-state index in [2.05, 4.69) is 88.7 Å². The Morgan fingerprint density at radius 2 is 0.868 bits per heavy atom. The number of aliphatic hydroxyl groups is 1. The van der Waals surface area contributed by atoms with Gasteiger partial charge in [-0.1, -0.05) is 120 Å². The standard InChI is InChI=1S/C27H25ClFN5O.C25H23ClFN5O.C21H16FN3O.C20H11ClFN5/c1-34-12-9-18(10-13-34)31-27(35)21-16-30-11-8-24(21)33-25-15-26(20-14-17(28)6-7-22(20)29)32-23-5-3-2-4-19(23)25;1-32(2)12-11-29-25(33)19-15-28-10-9-22(19)31-23-14-24(18-13-16(26)7-8-20(18)27)30-21-6-4-3-5-17(21)23;22-17-7-3-1-5-15(17)20-11-21(16-6-2-4-8-19(16)25-20)24-18-9-10-23-12-14(18)13-26;21-13-5-6-16(22)15(7-13)19-8-18(14-3-1-2-4-17(14)26-19)27-20-12(9-23)10-24-11-25-20/h2-8,11,14-16,18H,9-10,12-13H2,1H3,(H,31,35)(H,30,32,33);3-10,13-15H,11-12H2,1-2H3,(H,29,33)(H,28,30,31);1-12,26H,13H2,(H,23,24,25);1-8,10-11H,(H,24,25,26,27). The number of halogens is 7. The van der Waals surface area contributed by atoms with Gasteiger partial charge >= 0.3 is 0 Å². The number of piperidine rings is 1. The molecule has 1 aliphatic heterocycles. The fourth-order valence-electron chi connectivity index (χ4n) is 13.4. The number of carbonyl (C=O) groups excluding carboxylic acids is 2. The fourth-order valence-corrected chi connectivity index (χ4v) is 14.0. The third-order valence-corrected chi connectivity index (χ3v) is 20.3. The molecule has 0 unspecified atom stereocenters. The van der Waals surface area contributed by atoms with E-state index in [4.69, 9.17) is 34.8 Å². The van der Waals surface area contributed by atoms with Crippen LogP contribution in [0.4, 0.5) is 63.2 Å². The Labute approximate surface area is 708 Å². The van der Waals surface area contributed by atoms with Gasteiger partial charge in [0.15, 0.2) is 5.82 Å². The first-order valence-corrected chi connectivity index (χ1v) is 39.3. The number of hydrogen-bond donors (Lipinski definition) is 7. The van der Waals surface area contributed by atoms with Crippen molar-refractivity contribution in [1.82, 2.24) is 65.3 Å². The lowest BCUT2D eigenvalue weighted by Gasteiger charge is -2.29. The number of pyridine rings is 7. The number of hydrogen-bond acceptors (Lipinski definition) is 19. The largest absolute Gasteiger partial charge is 0.392 e. The summed E-state index contributed by atoms with van der Waals surface area (Å²) in [5.74, 6) is -1.61. The van der Waals surface area contributed by atoms with Crippen LogP contribution in [-0.4, -0.2) is 125 Å². The van der Waals surface area contributed by atoms with E-state index in [1.54, 1.807) is 97.7 Å². The number of nitrogens with one attached hydrogen (secondary N) is 6. The van der Waals surface area contributed by atoms with E-state index in [0.717, 1.165) is 70.9 Å². The number of amides is 2. The molecule has 0 saturated carbocycles. The van der Waals surface area contributed by atoms with E-state index in [1.807, 2.05) is 128 Å². The molecule has 1 aliphatic rings. The number of likely N-dealkylation sites (N-methyl/N-ethyl adjacent to an activating group) is 1. The van der Waals surface area contributed by atoms with Crippen molar-refractivity contribution >= 4 is 136 Å². The summed E-state index contributed by atoms with van der Waals surface area (Å²) in [4.78, 5) is 68.9. The Balaban J connectivity index is 0.000000133. The van der Waals surface area contributed by atoms with E-state index >= 15 is 0 Å². The van der Waals surface area contributed by atoms with Gasteiger partial charge in [-0.05, 0) is 181 Å². The number of anilines is 8. The van der Waals surface area contributed by atoms with Crippen molar-refractivity contribution in [2.75, 3.05) is 68.6 Å². The molecule has 21 nitrogen and oxygen atoms in total. The first kappa shape index (κ1) is 83.5. The third kappa shape index (κ3) is 20.6. The minimum absolute atomic E-state index is 0.126. The minimum Gasteiger partial charge on any atom is -0.392 e. The van der Waals surface area contributed by atoms with Crippen molar-refractivity contribution in [1.29, 1.82) is 5.26 Å². The van der Waals surface area contributed by atoms with Crippen LogP contribution in [0.2, 0.25) is 15.1 Å². The Hall–Kier alpha value is -14.0. The number of rotatable bonds is 19. The van der Waals surface area contributed by atoms with Gasteiger partial charge in [-0.25, -0.2) is 47.5 Å². The molecular formula is C93H75Cl3F4N18O3. The predicted octanol–water partition coefficient (Wildman–Crippen LogP) is 20.6. The maximum Gasteiger partial charge on any atom is 0.255 e. The van der Waals surface area contributed by atoms with E-state index in [0.29, 0.717) is 140 Å². The summed E-state index contributed by atoms with van der Waals surface area (Å²) < 4.78 is 57.8. The Kier molecular flexibility index (Phi) is 27.0. The molecule has 0 spiro atoms. The van der Waals surface area contributed by atoms with Gasteiger partial charge in [0.05, 0.1) is 103 Å². The van der Waals surface area contributed by atoms with Crippen molar-refractivity contribution < 1.29 is 32.3 Å². The number of benzene rings is 8. The molecule has 8 aromatic heterocycles. The number of likely N-dealkylation sites (tertiary alicyclic amines) is 1. The van der Waals surface area contributed by atoms with Gasteiger partial charge in [-0.15, -0.1) is 0 Å². The molecule has 7 N–H and O–H groups in total. The number of fused-ring (bicyclic) bond motifs is 4. The molecule has 1 saturated heterocycles. The highest BCUT2D eigenvalue weighted by atomic mass is 35.5. The molecular weight excluding hydrogens is 1600 g/mol. The number of aromatic nitrogens is 9. The summed E-state index contributed by atoms with van der Waals surface area (Å²) in [6, 6.07) is 64.4. The van der Waals surface area contributed by atoms with Gasteiger partial charge in [-0.3, -0.25) is 24.5 Å². The van der Waals surface area contributed by atoms with Crippen molar-refractivity contribution in [3.63, 3.8) is 0 Å². The van der Waals surface area contributed by atoms with Crippen LogP contribution < -0.4 is 31.9 Å². The lowest BCUT2D eigenvalue weighted by Crippen LogP contribution is -2.43. The van der Waals surface area contributed by atoms with Crippen molar-refractivity contribution in [3.05, 3.63) is 329 Å². The van der Waals surface area contributed by atoms with Crippen LogP contribution in [0.5, 0.6) is 0 Å². The summed E-state index contributed by atoms with van der Waals surface area (Å²) in [5.41, 5.74) is 12.6. The van der Waals surface area contributed by atoms with Gasteiger partial charge in [0.25, 0.3) is 11.8 Å². The van der Waals surface area contributed by atoms with Crippen LogP contribution >= 0.6 is 34.8 Å². The molecule has 16 aromatic rings. The summed E-state index contributed by atoms with van der Waals surface area (Å²) in [6.45, 7) is 3.01. The fraction of sp³-hybridized carbons (Fsp3) is 0.118. The van der Waals surface area contributed by atoms with Crippen LogP contribution in [0.25, 0.3) is 88.6 Å². The maximum absolute atomic E-state index is 14.6. The highest BCUT2D eigenvalue weighted by Gasteiger charge is 2.24. The summed E-state index contributed by atoms with van der Waals surface area (Å²) in [5, 5.41) is 42.7. The van der Waals surface area contributed by atoms with E-state index in [9.17, 15) is 37.5 Å². The summed E-state index contributed by atoms with van der Waals surface area (Å²) in [6.07, 6.45) is 14.2. The molecule has 28 heteroatoms. The van der Waals surface area contributed by atoms with Gasteiger partial charge in [0, 0.05) is 126 Å². The van der Waals surface area contributed by atoms with Gasteiger partial charge in [0.1, 0.15) is 41.2 Å². The van der Waals surface area contributed by atoms with Crippen molar-refractivity contribution in [2.24, 2.45) is 0 Å². The molecule has 8 aromatic carbocycles. The van der Waals surface area contributed by atoms with E-state index in [1.165, 1.54) is 67.3 Å².